The Morgan fingerprint density at radius 1 is 0.969 bits per heavy atom. The predicted molar refractivity (Wildman–Crippen MR) is 125 cm³/mol. The van der Waals surface area contributed by atoms with Crippen LogP contribution in [0.25, 0.3) is 6.08 Å². The van der Waals surface area contributed by atoms with Gasteiger partial charge in [0.2, 0.25) is 0 Å². The number of nitrogens with zero attached hydrogens (tertiary/aromatic N) is 2. The molecule has 3 aromatic rings. The highest BCUT2D eigenvalue weighted by molar-refractivity contribution is 6.10. The number of hydrogen-bond donors (Lipinski definition) is 1. The third-order valence-electron chi connectivity index (χ3n) is 5.05. The third-order valence-corrected chi connectivity index (χ3v) is 5.05. The molecular formula is C26H23N3O3. The zero-order chi connectivity index (χ0) is 22.2. The molecule has 1 saturated heterocycles. The highest BCUT2D eigenvalue weighted by atomic mass is 16.5. The van der Waals surface area contributed by atoms with E-state index in [0.717, 1.165) is 37.6 Å². The fourth-order valence-corrected chi connectivity index (χ4v) is 3.38. The Kier molecular flexibility index (Phi) is 6.81. The van der Waals surface area contributed by atoms with Crippen molar-refractivity contribution < 1.29 is 14.3 Å². The van der Waals surface area contributed by atoms with Gasteiger partial charge in [-0.2, -0.15) is 5.26 Å². The van der Waals surface area contributed by atoms with Gasteiger partial charge < -0.3 is 19.7 Å². The Morgan fingerprint density at radius 2 is 1.66 bits per heavy atom. The van der Waals surface area contributed by atoms with Crippen LogP contribution in [-0.2, 0) is 9.53 Å². The van der Waals surface area contributed by atoms with Crippen LogP contribution in [0.5, 0.6) is 11.5 Å². The molecule has 4 rings (SSSR count). The van der Waals surface area contributed by atoms with Crippen LogP contribution >= 0.6 is 0 Å². The summed E-state index contributed by atoms with van der Waals surface area (Å²) in [5.74, 6) is 0.665. The van der Waals surface area contributed by atoms with Gasteiger partial charge >= 0.3 is 0 Å². The smallest absolute Gasteiger partial charge is 0.266 e. The summed E-state index contributed by atoms with van der Waals surface area (Å²) < 4.78 is 11.3. The predicted octanol–water partition coefficient (Wildman–Crippen LogP) is 4.86. The maximum atomic E-state index is 12.8. The molecule has 1 N–H and O–H groups in total. The molecule has 1 amide bonds. The standard InChI is InChI=1S/C26H23N3O3/c27-19-21(18-20-10-12-22(13-11-20)29-14-16-31-17-15-29)26(30)28-24-8-4-5-9-25(24)32-23-6-2-1-3-7-23/h1-13,18H,14-17H2,(H,28,30)/b21-18+. The topological polar surface area (TPSA) is 74.6 Å². The zero-order valence-corrected chi connectivity index (χ0v) is 17.5. The minimum atomic E-state index is -0.492. The first kappa shape index (κ1) is 21.2. The van der Waals surface area contributed by atoms with E-state index in [1.54, 1.807) is 24.3 Å². The molecule has 6 heteroatoms. The van der Waals surface area contributed by atoms with E-state index in [4.69, 9.17) is 9.47 Å². The Hall–Kier alpha value is -4.08. The molecule has 32 heavy (non-hydrogen) atoms. The maximum absolute atomic E-state index is 12.8. The van der Waals surface area contributed by atoms with E-state index >= 15 is 0 Å². The normalized spacial score (nSPS) is 13.8. The highest BCUT2D eigenvalue weighted by Crippen LogP contribution is 2.29. The fraction of sp³-hybridized carbons (Fsp3) is 0.154. The number of carbonyl (C=O) groups excluding carboxylic acids is 1. The van der Waals surface area contributed by atoms with E-state index in [9.17, 15) is 10.1 Å². The molecule has 1 aliphatic rings. The SMILES string of the molecule is N#C/C(=C\c1ccc(N2CCOCC2)cc1)C(=O)Nc1ccccc1Oc1ccccc1. The number of amides is 1. The van der Waals surface area contributed by atoms with E-state index < -0.39 is 5.91 Å². The summed E-state index contributed by atoms with van der Waals surface area (Å²) in [7, 11) is 0. The molecule has 0 aliphatic carbocycles. The summed E-state index contributed by atoms with van der Waals surface area (Å²) in [6, 6.07) is 26.2. The van der Waals surface area contributed by atoms with Gasteiger partial charge in [-0.15, -0.1) is 0 Å². The number of para-hydroxylation sites is 3. The van der Waals surface area contributed by atoms with Gasteiger partial charge in [0.1, 0.15) is 17.4 Å². The summed E-state index contributed by atoms with van der Waals surface area (Å²) in [5.41, 5.74) is 2.38. The van der Waals surface area contributed by atoms with Crippen LogP contribution in [0.1, 0.15) is 5.56 Å². The van der Waals surface area contributed by atoms with E-state index in [-0.39, 0.29) is 5.57 Å². The van der Waals surface area contributed by atoms with Crippen LogP contribution in [0.3, 0.4) is 0 Å². The van der Waals surface area contributed by atoms with Gasteiger partial charge in [-0.05, 0) is 48.0 Å². The molecular weight excluding hydrogens is 402 g/mol. The lowest BCUT2D eigenvalue weighted by Crippen LogP contribution is -2.36. The van der Waals surface area contributed by atoms with Crippen molar-refractivity contribution in [3.05, 3.63) is 90.0 Å². The number of hydrogen-bond acceptors (Lipinski definition) is 5. The zero-order valence-electron chi connectivity index (χ0n) is 17.5. The van der Waals surface area contributed by atoms with Gasteiger partial charge in [0, 0.05) is 18.8 Å². The van der Waals surface area contributed by atoms with Crippen molar-refractivity contribution in [3.8, 4) is 17.6 Å². The van der Waals surface area contributed by atoms with Crippen molar-refractivity contribution in [1.82, 2.24) is 0 Å². The van der Waals surface area contributed by atoms with Crippen LogP contribution in [0.2, 0.25) is 0 Å². The number of nitriles is 1. The molecule has 1 heterocycles. The van der Waals surface area contributed by atoms with Crippen molar-refractivity contribution in [2.75, 3.05) is 36.5 Å². The number of morpholine rings is 1. The van der Waals surface area contributed by atoms with E-state index in [0.29, 0.717) is 17.2 Å². The quantitative estimate of drug-likeness (QED) is 0.451. The van der Waals surface area contributed by atoms with Crippen LogP contribution in [0.15, 0.2) is 84.4 Å². The van der Waals surface area contributed by atoms with Crippen molar-refractivity contribution in [2.45, 2.75) is 0 Å². The number of nitrogens with one attached hydrogen (secondary N) is 1. The average Bonchev–Trinajstić information content (AvgIpc) is 2.85. The van der Waals surface area contributed by atoms with Crippen molar-refractivity contribution in [2.24, 2.45) is 0 Å². The Labute approximate surface area is 187 Å². The lowest BCUT2D eigenvalue weighted by molar-refractivity contribution is -0.112. The number of rotatable bonds is 6. The second-order valence-electron chi connectivity index (χ2n) is 7.23. The van der Waals surface area contributed by atoms with Crippen LogP contribution in [0.4, 0.5) is 11.4 Å². The third kappa shape index (κ3) is 5.34. The summed E-state index contributed by atoms with van der Waals surface area (Å²) in [6.07, 6.45) is 1.58. The minimum absolute atomic E-state index is 0.0126. The number of ether oxygens (including phenoxy) is 2. The Morgan fingerprint density at radius 3 is 2.38 bits per heavy atom. The number of benzene rings is 3. The van der Waals surface area contributed by atoms with E-state index in [2.05, 4.69) is 10.2 Å². The second kappa shape index (κ2) is 10.3. The second-order valence-corrected chi connectivity index (χ2v) is 7.23. The molecule has 0 radical (unpaired) electrons. The molecule has 0 saturated carbocycles. The van der Waals surface area contributed by atoms with Gasteiger partial charge in [-0.3, -0.25) is 4.79 Å². The number of carbonyl (C=O) groups is 1. The molecule has 3 aromatic carbocycles. The molecule has 0 aromatic heterocycles. The monoisotopic (exact) mass is 425 g/mol. The molecule has 0 unspecified atom stereocenters. The molecule has 1 aliphatic heterocycles. The summed E-state index contributed by atoms with van der Waals surface area (Å²) >= 11 is 0. The maximum Gasteiger partial charge on any atom is 0.266 e. The molecule has 160 valence electrons. The van der Waals surface area contributed by atoms with Crippen molar-refractivity contribution in [1.29, 1.82) is 5.26 Å². The summed E-state index contributed by atoms with van der Waals surface area (Å²) in [6.45, 7) is 3.14. The summed E-state index contributed by atoms with van der Waals surface area (Å²) in [5, 5.41) is 12.4. The average molecular weight is 425 g/mol. The van der Waals surface area contributed by atoms with Crippen molar-refractivity contribution >= 4 is 23.4 Å². The highest BCUT2D eigenvalue weighted by Gasteiger charge is 2.14. The van der Waals surface area contributed by atoms with Crippen molar-refractivity contribution in [3.63, 3.8) is 0 Å². The lowest BCUT2D eigenvalue weighted by atomic mass is 10.1. The lowest BCUT2D eigenvalue weighted by Gasteiger charge is -2.28. The van der Waals surface area contributed by atoms with Gasteiger partial charge in [0.15, 0.2) is 5.75 Å². The largest absolute Gasteiger partial charge is 0.455 e. The first-order valence-corrected chi connectivity index (χ1v) is 10.4. The minimum Gasteiger partial charge on any atom is -0.455 e. The van der Waals surface area contributed by atoms with Crippen LogP contribution in [-0.4, -0.2) is 32.2 Å². The van der Waals surface area contributed by atoms with Gasteiger partial charge in [0.25, 0.3) is 5.91 Å². The van der Waals surface area contributed by atoms with Crippen LogP contribution < -0.4 is 15.0 Å². The fourth-order valence-electron chi connectivity index (χ4n) is 3.38. The molecule has 0 bridgehead atoms. The Balaban J connectivity index is 1.48. The van der Waals surface area contributed by atoms with E-state index in [1.165, 1.54) is 0 Å². The van der Waals surface area contributed by atoms with Gasteiger partial charge in [0.05, 0.1) is 18.9 Å². The molecule has 0 spiro atoms. The number of anilines is 2. The van der Waals surface area contributed by atoms with Gasteiger partial charge in [-0.25, -0.2) is 0 Å². The van der Waals surface area contributed by atoms with Crippen LogP contribution in [0, 0.1) is 11.3 Å². The molecule has 0 atom stereocenters. The molecule has 6 nitrogen and oxygen atoms in total. The Bertz CT molecular complexity index is 1130. The first-order valence-electron chi connectivity index (χ1n) is 10.4. The first-order chi connectivity index (χ1) is 15.7. The molecule has 1 fully saturated rings. The summed E-state index contributed by atoms with van der Waals surface area (Å²) in [4.78, 5) is 15.0. The van der Waals surface area contributed by atoms with E-state index in [1.807, 2.05) is 66.7 Å². The van der Waals surface area contributed by atoms with Gasteiger partial charge in [-0.1, -0.05) is 42.5 Å².